The molecule has 124 valence electrons. The lowest BCUT2D eigenvalue weighted by atomic mass is 9.98. The van der Waals surface area contributed by atoms with Crippen molar-refractivity contribution in [2.24, 2.45) is 0 Å². The molecule has 1 heterocycles. The summed E-state index contributed by atoms with van der Waals surface area (Å²) in [5.41, 5.74) is 1.59. The molecule has 2 aromatic carbocycles. The van der Waals surface area contributed by atoms with Gasteiger partial charge in [-0.1, -0.05) is 42.5 Å². The van der Waals surface area contributed by atoms with Crippen molar-refractivity contribution in [3.05, 3.63) is 54.1 Å². The monoisotopic (exact) mass is 325 g/mol. The molecule has 0 spiro atoms. The number of phenols is 1. The maximum atomic E-state index is 12.5. The quantitative estimate of drug-likeness (QED) is 0.693. The van der Waals surface area contributed by atoms with Crippen LogP contribution in [0.3, 0.4) is 0 Å². The summed E-state index contributed by atoms with van der Waals surface area (Å²) in [4.78, 5) is 26.3. The highest BCUT2D eigenvalue weighted by atomic mass is 16.5. The summed E-state index contributed by atoms with van der Waals surface area (Å²) in [6.07, 6.45) is -0.244. The number of nitrogens with zero attached hydrogens (tertiary/aromatic N) is 1. The van der Waals surface area contributed by atoms with E-state index < -0.39 is 0 Å². The molecule has 5 nitrogen and oxygen atoms in total. The molecule has 0 unspecified atom stereocenters. The molecule has 24 heavy (non-hydrogen) atoms. The largest absolute Gasteiger partial charge is 0.507 e. The second-order valence-electron chi connectivity index (χ2n) is 5.66. The molecule has 5 heteroatoms. The topological polar surface area (TPSA) is 66.8 Å². The van der Waals surface area contributed by atoms with Crippen molar-refractivity contribution in [3.8, 4) is 16.9 Å². The van der Waals surface area contributed by atoms with Crippen molar-refractivity contribution in [1.29, 1.82) is 0 Å². The zero-order valence-electron chi connectivity index (χ0n) is 13.3. The fourth-order valence-corrected chi connectivity index (χ4v) is 2.78. The molecule has 1 aliphatic rings. The number of aromatic hydroxyl groups is 1. The van der Waals surface area contributed by atoms with Crippen LogP contribution in [0.1, 0.15) is 16.8 Å². The Hall–Kier alpha value is -2.66. The van der Waals surface area contributed by atoms with Gasteiger partial charge in [0.05, 0.1) is 25.2 Å². The zero-order valence-corrected chi connectivity index (χ0v) is 13.3. The fraction of sp³-hybridized carbons (Fsp3) is 0.263. The lowest BCUT2D eigenvalue weighted by Crippen LogP contribution is -2.41. The number of phenolic OH excluding ortho intramolecular Hbond substituents is 1. The smallest absolute Gasteiger partial charge is 0.230 e. The van der Waals surface area contributed by atoms with Gasteiger partial charge in [0.2, 0.25) is 5.91 Å². The van der Waals surface area contributed by atoms with E-state index in [1.165, 1.54) is 0 Å². The lowest BCUT2D eigenvalue weighted by molar-refractivity contribution is -0.134. The number of morpholine rings is 1. The molecule has 2 aromatic rings. The van der Waals surface area contributed by atoms with Crippen LogP contribution in [0.2, 0.25) is 0 Å². The molecular formula is C19H19NO4. The molecule has 1 aliphatic heterocycles. The number of benzene rings is 2. The first-order chi connectivity index (χ1) is 11.7. The minimum absolute atomic E-state index is 0.0801. The summed E-state index contributed by atoms with van der Waals surface area (Å²) in [6.45, 7) is 1.99. The Balaban J connectivity index is 1.79. The maximum absolute atomic E-state index is 12.5. The van der Waals surface area contributed by atoms with E-state index in [2.05, 4.69) is 0 Å². The first-order valence-corrected chi connectivity index (χ1v) is 7.93. The van der Waals surface area contributed by atoms with E-state index in [1.54, 1.807) is 23.1 Å². The Morgan fingerprint density at radius 1 is 1.00 bits per heavy atom. The van der Waals surface area contributed by atoms with Crippen molar-refractivity contribution in [1.82, 2.24) is 4.90 Å². The first kappa shape index (κ1) is 16.2. The Morgan fingerprint density at radius 2 is 1.71 bits per heavy atom. The molecule has 0 aromatic heterocycles. The van der Waals surface area contributed by atoms with Gasteiger partial charge in [-0.2, -0.15) is 0 Å². The summed E-state index contributed by atoms with van der Waals surface area (Å²) in [5, 5.41) is 10.5. The summed E-state index contributed by atoms with van der Waals surface area (Å²) < 4.78 is 5.20. The van der Waals surface area contributed by atoms with Crippen LogP contribution >= 0.6 is 0 Å². The predicted octanol–water partition coefficient (Wildman–Crippen LogP) is 2.49. The highest BCUT2D eigenvalue weighted by molar-refractivity contribution is 6.09. The Bertz CT molecular complexity index is 736. The van der Waals surface area contributed by atoms with Crippen LogP contribution in [0.15, 0.2) is 48.5 Å². The van der Waals surface area contributed by atoms with Gasteiger partial charge in [0.25, 0.3) is 0 Å². The van der Waals surface area contributed by atoms with E-state index in [4.69, 9.17) is 4.74 Å². The minimum atomic E-state index is -0.373. The SMILES string of the molecule is O=C(CC(=O)N1CCOCC1)c1cccc(-c2ccccc2)c1O. The van der Waals surface area contributed by atoms with Crippen LogP contribution in [-0.2, 0) is 9.53 Å². The fourth-order valence-electron chi connectivity index (χ4n) is 2.78. The standard InChI is InChI=1S/C19H19NO4/c21-17(13-18(22)20-9-11-24-12-10-20)16-8-4-7-15(19(16)23)14-5-2-1-3-6-14/h1-8,23H,9-13H2. The number of para-hydroxylation sites is 1. The van der Waals surface area contributed by atoms with E-state index in [0.717, 1.165) is 5.56 Å². The highest BCUT2D eigenvalue weighted by Crippen LogP contribution is 2.32. The van der Waals surface area contributed by atoms with Crippen LogP contribution in [-0.4, -0.2) is 48.0 Å². The van der Waals surface area contributed by atoms with Crippen molar-refractivity contribution < 1.29 is 19.4 Å². The third-order valence-electron chi connectivity index (χ3n) is 4.10. The van der Waals surface area contributed by atoms with E-state index in [1.807, 2.05) is 30.3 Å². The third kappa shape index (κ3) is 3.46. The number of hydrogen-bond donors (Lipinski definition) is 1. The predicted molar refractivity (Wildman–Crippen MR) is 89.9 cm³/mol. The molecule has 1 N–H and O–H groups in total. The highest BCUT2D eigenvalue weighted by Gasteiger charge is 2.22. The Kier molecular flexibility index (Phi) is 4.91. The van der Waals surface area contributed by atoms with Gasteiger partial charge in [-0.3, -0.25) is 9.59 Å². The van der Waals surface area contributed by atoms with Gasteiger partial charge < -0.3 is 14.7 Å². The summed E-state index contributed by atoms with van der Waals surface area (Å²) in [5.74, 6) is -0.682. The number of carbonyl (C=O) groups is 2. The number of ether oxygens (including phenoxy) is 1. The van der Waals surface area contributed by atoms with Crippen LogP contribution < -0.4 is 0 Å². The lowest BCUT2D eigenvalue weighted by Gasteiger charge is -2.26. The molecule has 3 rings (SSSR count). The number of carbonyl (C=O) groups excluding carboxylic acids is 2. The molecule has 0 aliphatic carbocycles. The van der Waals surface area contributed by atoms with Crippen molar-refractivity contribution in [2.45, 2.75) is 6.42 Å². The van der Waals surface area contributed by atoms with Gasteiger partial charge in [-0.05, 0) is 11.6 Å². The molecular weight excluding hydrogens is 306 g/mol. The Morgan fingerprint density at radius 3 is 2.42 bits per heavy atom. The van der Waals surface area contributed by atoms with Gasteiger partial charge in [-0.15, -0.1) is 0 Å². The van der Waals surface area contributed by atoms with Gasteiger partial charge in [0, 0.05) is 18.7 Å². The average molecular weight is 325 g/mol. The van der Waals surface area contributed by atoms with Gasteiger partial charge in [0.15, 0.2) is 5.78 Å². The third-order valence-corrected chi connectivity index (χ3v) is 4.10. The zero-order chi connectivity index (χ0) is 16.9. The van der Waals surface area contributed by atoms with Crippen molar-refractivity contribution >= 4 is 11.7 Å². The molecule has 0 radical (unpaired) electrons. The van der Waals surface area contributed by atoms with E-state index in [0.29, 0.717) is 31.9 Å². The van der Waals surface area contributed by atoms with Gasteiger partial charge >= 0.3 is 0 Å². The normalized spacial score (nSPS) is 14.4. The number of ketones is 1. The molecule has 1 saturated heterocycles. The summed E-state index contributed by atoms with van der Waals surface area (Å²) in [7, 11) is 0. The average Bonchev–Trinajstić information content (AvgIpc) is 2.63. The molecule has 0 saturated carbocycles. The summed E-state index contributed by atoms with van der Waals surface area (Å²) >= 11 is 0. The van der Waals surface area contributed by atoms with Gasteiger partial charge in [0.1, 0.15) is 5.75 Å². The number of rotatable bonds is 4. The van der Waals surface area contributed by atoms with Crippen LogP contribution in [0, 0.1) is 0 Å². The van der Waals surface area contributed by atoms with Crippen molar-refractivity contribution in [2.75, 3.05) is 26.3 Å². The number of amides is 1. The van der Waals surface area contributed by atoms with Crippen LogP contribution in [0.4, 0.5) is 0 Å². The molecule has 0 atom stereocenters. The summed E-state index contributed by atoms with van der Waals surface area (Å²) in [6, 6.07) is 14.4. The van der Waals surface area contributed by atoms with Crippen LogP contribution in [0.5, 0.6) is 5.75 Å². The van der Waals surface area contributed by atoms with Crippen molar-refractivity contribution in [3.63, 3.8) is 0 Å². The second kappa shape index (κ2) is 7.27. The molecule has 0 bridgehead atoms. The number of Topliss-reactive ketones (excluding diaryl/α,β-unsaturated/α-hetero) is 1. The molecule has 1 fully saturated rings. The number of hydrogen-bond acceptors (Lipinski definition) is 4. The van der Waals surface area contributed by atoms with E-state index in [-0.39, 0.29) is 29.4 Å². The first-order valence-electron chi connectivity index (χ1n) is 7.93. The maximum Gasteiger partial charge on any atom is 0.230 e. The second-order valence-corrected chi connectivity index (χ2v) is 5.66. The van der Waals surface area contributed by atoms with Crippen LogP contribution in [0.25, 0.3) is 11.1 Å². The molecule has 1 amide bonds. The van der Waals surface area contributed by atoms with E-state index >= 15 is 0 Å². The van der Waals surface area contributed by atoms with Gasteiger partial charge in [-0.25, -0.2) is 0 Å². The minimum Gasteiger partial charge on any atom is -0.507 e. The Labute approximate surface area is 140 Å². The van der Waals surface area contributed by atoms with E-state index in [9.17, 15) is 14.7 Å².